The van der Waals surface area contributed by atoms with Gasteiger partial charge in [0.05, 0.1) is 11.1 Å². The highest BCUT2D eigenvalue weighted by atomic mass is 32.2. The molecule has 1 fully saturated rings. The van der Waals surface area contributed by atoms with Crippen molar-refractivity contribution in [3.8, 4) is 5.69 Å². The molecule has 8 heteroatoms. The lowest BCUT2D eigenvalue weighted by molar-refractivity contribution is 0.379. The molecule has 0 spiro atoms. The molecule has 0 radical (unpaired) electrons. The second-order valence-corrected chi connectivity index (χ2v) is 7.94. The SMILES string of the molecule is CNCC1CCCN1S(=O)(=O)c1ccc(-n2cc(C)cn2)c(F)c1. The fraction of sp³-hybridized carbons (Fsp3) is 0.438. The van der Waals surface area contributed by atoms with E-state index >= 15 is 0 Å². The van der Waals surface area contributed by atoms with E-state index in [1.54, 1.807) is 19.4 Å². The van der Waals surface area contributed by atoms with Crippen molar-refractivity contribution < 1.29 is 12.8 Å². The van der Waals surface area contributed by atoms with Crippen molar-refractivity contribution in [3.63, 3.8) is 0 Å². The normalized spacial score (nSPS) is 19.0. The molecule has 1 aromatic heterocycles. The van der Waals surface area contributed by atoms with Gasteiger partial charge in [0, 0.05) is 25.3 Å². The van der Waals surface area contributed by atoms with Gasteiger partial charge in [-0.25, -0.2) is 17.5 Å². The minimum absolute atomic E-state index is 0.0179. The molecule has 130 valence electrons. The summed E-state index contributed by atoms with van der Waals surface area (Å²) in [6, 6.07) is 3.89. The van der Waals surface area contributed by atoms with Crippen LogP contribution in [0, 0.1) is 12.7 Å². The van der Waals surface area contributed by atoms with Crippen LogP contribution in [0.3, 0.4) is 0 Å². The van der Waals surface area contributed by atoms with Crippen LogP contribution in [0.4, 0.5) is 4.39 Å². The highest BCUT2D eigenvalue weighted by Crippen LogP contribution is 2.27. The fourth-order valence-electron chi connectivity index (χ4n) is 3.08. The Morgan fingerprint density at radius 3 is 2.83 bits per heavy atom. The van der Waals surface area contributed by atoms with Gasteiger partial charge in [-0.2, -0.15) is 9.40 Å². The second kappa shape index (κ2) is 6.62. The van der Waals surface area contributed by atoms with Gasteiger partial charge in [0.15, 0.2) is 0 Å². The van der Waals surface area contributed by atoms with Gasteiger partial charge in [0.1, 0.15) is 11.5 Å². The van der Waals surface area contributed by atoms with E-state index < -0.39 is 15.8 Å². The van der Waals surface area contributed by atoms with Crippen LogP contribution in [0.5, 0.6) is 0 Å². The molecular weight excluding hydrogens is 331 g/mol. The molecule has 1 N–H and O–H groups in total. The lowest BCUT2D eigenvalue weighted by Gasteiger charge is -2.24. The van der Waals surface area contributed by atoms with Crippen molar-refractivity contribution in [2.75, 3.05) is 20.1 Å². The fourth-order valence-corrected chi connectivity index (χ4v) is 4.78. The predicted molar refractivity (Wildman–Crippen MR) is 89.1 cm³/mol. The maximum absolute atomic E-state index is 14.5. The van der Waals surface area contributed by atoms with Gasteiger partial charge in [0.2, 0.25) is 10.0 Å². The minimum Gasteiger partial charge on any atom is -0.318 e. The third-order valence-corrected chi connectivity index (χ3v) is 6.19. The van der Waals surface area contributed by atoms with E-state index in [1.165, 1.54) is 21.1 Å². The predicted octanol–water partition coefficient (Wildman–Crippen LogP) is 1.69. The largest absolute Gasteiger partial charge is 0.318 e. The first-order valence-corrected chi connectivity index (χ1v) is 9.35. The Bertz CT molecular complexity index is 834. The van der Waals surface area contributed by atoms with Crippen molar-refractivity contribution in [2.45, 2.75) is 30.7 Å². The van der Waals surface area contributed by atoms with Gasteiger partial charge >= 0.3 is 0 Å². The smallest absolute Gasteiger partial charge is 0.243 e. The van der Waals surface area contributed by atoms with Crippen molar-refractivity contribution in [1.29, 1.82) is 0 Å². The minimum atomic E-state index is -3.70. The molecule has 6 nitrogen and oxygen atoms in total. The first-order valence-electron chi connectivity index (χ1n) is 7.91. The number of aromatic nitrogens is 2. The zero-order valence-electron chi connectivity index (χ0n) is 13.7. The van der Waals surface area contributed by atoms with Crippen LogP contribution in [-0.4, -0.2) is 48.7 Å². The molecular formula is C16H21FN4O2S. The number of hydrogen-bond acceptors (Lipinski definition) is 4. The molecule has 2 heterocycles. The van der Waals surface area contributed by atoms with Gasteiger partial charge in [-0.15, -0.1) is 0 Å². The zero-order valence-corrected chi connectivity index (χ0v) is 14.6. The van der Waals surface area contributed by atoms with Crippen LogP contribution >= 0.6 is 0 Å². The van der Waals surface area contributed by atoms with E-state index in [2.05, 4.69) is 10.4 Å². The molecule has 0 bridgehead atoms. The van der Waals surface area contributed by atoms with E-state index in [1.807, 2.05) is 6.92 Å². The molecule has 3 rings (SSSR count). The lowest BCUT2D eigenvalue weighted by atomic mass is 10.2. The highest BCUT2D eigenvalue weighted by molar-refractivity contribution is 7.89. The van der Waals surface area contributed by atoms with Crippen LogP contribution in [0.15, 0.2) is 35.5 Å². The number of nitrogens with one attached hydrogen (secondary N) is 1. The summed E-state index contributed by atoms with van der Waals surface area (Å²) in [5.41, 5.74) is 1.13. The standard InChI is InChI=1S/C16H21FN4O2S/c1-12-9-19-20(11-12)16-6-5-14(8-15(16)17)24(22,23)21-7-3-4-13(21)10-18-2/h5-6,8-9,11,13,18H,3-4,7,10H2,1-2H3. The second-order valence-electron chi connectivity index (χ2n) is 6.04. The first kappa shape index (κ1) is 17.1. The summed E-state index contributed by atoms with van der Waals surface area (Å²) in [6.07, 6.45) is 4.94. The molecule has 0 saturated carbocycles. The highest BCUT2D eigenvalue weighted by Gasteiger charge is 2.35. The Morgan fingerprint density at radius 1 is 1.42 bits per heavy atom. The molecule has 1 unspecified atom stereocenters. The molecule has 0 aliphatic carbocycles. The average Bonchev–Trinajstić information content (AvgIpc) is 3.17. The number of likely N-dealkylation sites (N-methyl/N-ethyl adjacent to an activating group) is 1. The lowest BCUT2D eigenvalue weighted by Crippen LogP contribution is -2.40. The topological polar surface area (TPSA) is 67.2 Å². The summed E-state index contributed by atoms with van der Waals surface area (Å²) in [4.78, 5) is -0.0179. The Kier molecular flexibility index (Phi) is 4.71. The zero-order chi connectivity index (χ0) is 17.3. The number of rotatable bonds is 5. The number of nitrogens with zero attached hydrogens (tertiary/aromatic N) is 3. The number of sulfonamides is 1. The van der Waals surface area contributed by atoms with Crippen LogP contribution in [0.1, 0.15) is 18.4 Å². The molecule has 1 aromatic carbocycles. The Morgan fingerprint density at radius 2 is 2.21 bits per heavy atom. The maximum atomic E-state index is 14.5. The van der Waals surface area contributed by atoms with Gasteiger partial charge in [-0.1, -0.05) is 0 Å². The van der Waals surface area contributed by atoms with Gasteiger partial charge < -0.3 is 5.32 Å². The van der Waals surface area contributed by atoms with Crippen molar-refractivity contribution >= 4 is 10.0 Å². The van der Waals surface area contributed by atoms with Gasteiger partial charge in [-0.3, -0.25) is 0 Å². The van der Waals surface area contributed by atoms with Crippen molar-refractivity contribution in [3.05, 3.63) is 42.0 Å². The Hall–Kier alpha value is -1.77. The molecule has 24 heavy (non-hydrogen) atoms. The van der Waals surface area contributed by atoms with Crippen molar-refractivity contribution in [1.82, 2.24) is 19.4 Å². The van der Waals surface area contributed by atoms with Crippen LogP contribution in [-0.2, 0) is 10.0 Å². The van der Waals surface area contributed by atoms with E-state index in [4.69, 9.17) is 0 Å². The van der Waals surface area contributed by atoms with E-state index in [-0.39, 0.29) is 16.6 Å². The Balaban J connectivity index is 1.93. The molecule has 0 amide bonds. The summed E-state index contributed by atoms with van der Waals surface area (Å²) in [7, 11) is -1.91. The Labute approximate surface area is 141 Å². The third kappa shape index (κ3) is 3.09. The summed E-state index contributed by atoms with van der Waals surface area (Å²) in [5.74, 6) is -0.608. The summed E-state index contributed by atoms with van der Waals surface area (Å²) >= 11 is 0. The van der Waals surface area contributed by atoms with Gasteiger partial charge in [0.25, 0.3) is 0 Å². The van der Waals surface area contributed by atoms with Crippen LogP contribution in [0.25, 0.3) is 5.69 Å². The summed E-state index contributed by atoms with van der Waals surface area (Å²) < 4.78 is 43.0. The third-order valence-electron chi connectivity index (χ3n) is 4.25. The number of benzene rings is 1. The number of aryl methyl sites for hydroxylation is 1. The maximum Gasteiger partial charge on any atom is 0.243 e. The van der Waals surface area contributed by atoms with E-state index in [9.17, 15) is 12.8 Å². The van der Waals surface area contributed by atoms with Crippen LogP contribution < -0.4 is 5.32 Å². The molecule has 1 aliphatic rings. The average molecular weight is 352 g/mol. The summed E-state index contributed by atoms with van der Waals surface area (Å²) in [6.45, 7) is 2.91. The number of hydrogen-bond donors (Lipinski definition) is 1. The first-order chi connectivity index (χ1) is 11.4. The monoisotopic (exact) mass is 352 g/mol. The molecule has 1 atom stereocenters. The van der Waals surface area contributed by atoms with Crippen molar-refractivity contribution in [2.24, 2.45) is 0 Å². The summed E-state index contributed by atoms with van der Waals surface area (Å²) in [5, 5.41) is 7.08. The van der Waals surface area contributed by atoms with Crippen LogP contribution in [0.2, 0.25) is 0 Å². The quantitative estimate of drug-likeness (QED) is 0.889. The molecule has 1 aliphatic heterocycles. The van der Waals surface area contributed by atoms with E-state index in [0.29, 0.717) is 13.1 Å². The molecule has 1 saturated heterocycles. The van der Waals surface area contributed by atoms with E-state index in [0.717, 1.165) is 24.5 Å². The number of halogens is 1. The van der Waals surface area contributed by atoms with Gasteiger partial charge in [-0.05, 0) is 50.6 Å². The molecule has 2 aromatic rings.